The molecule has 0 fully saturated rings. The average Bonchev–Trinajstić information content (AvgIpc) is 2.65. The molecular weight excluding hydrogens is 258 g/mol. The summed E-state index contributed by atoms with van der Waals surface area (Å²) in [7, 11) is 0. The molecule has 19 heavy (non-hydrogen) atoms. The van der Waals surface area contributed by atoms with E-state index in [0.29, 0.717) is 11.8 Å². The molecule has 0 aliphatic carbocycles. The van der Waals surface area contributed by atoms with Crippen LogP contribution in [0.4, 0.5) is 5.95 Å². The van der Waals surface area contributed by atoms with Crippen LogP contribution in [-0.2, 0) is 0 Å². The molecule has 0 saturated carbocycles. The lowest BCUT2D eigenvalue weighted by molar-refractivity contribution is 0.126. The molecule has 0 radical (unpaired) electrons. The summed E-state index contributed by atoms with van der Waals surface area (Å²) < 4.78 is 5.96. The predicted octanol–water partition coefficient (Wildman–Crippen LogP) is 4.00. The van der Waals surface area contributed by atoms with E-state index in [1.165, 1.54) is 4.88 Å². The number of thiophene rings is 1. The monoisotopic (exact) mass is 279 g/mol. The molecule has 104 valence electrons. The van der Waals surface area contributed by atoms with E-state index in [4.69, 9.17) is 4.74 Å². The molecule has 1 N–H and O–H groups in total. The van der Waals surface area contributed by atoms with Crippen LogP contribution in [0.5, 0.6) is 5.88 Å². The van der Waals surface area contributed by atoms with Crippen LogP contribution >= 0.6 is 11.3 Å². The van der Waals surface area contributed by atoms with Crippen LogP contribution in [-0.4, -0.2) is 22.1 Å². The number of aromatic nitrogens is 2. The number of hydrogen-bond donors (Lipinski definition) is 1. The smallest absolute Gasteiger partial charge is 0.227 e. The SMILES string of the molecule is CCCNc1nc(OC(C)(C)C)c2cc(C)sc2n1. The van der Waals surface area contributed by atoms with Gasteiger partial charge in [-0.25, -0.2) is 4.98 Å². The molecule has 0 atom stereocenters. The average molecular weight is 279 g/mol. The minimum atomic E-state index is -0.265. The van der Waals surface area contributed by atoms with Crippen molar-refractivity contribution in [3.63, 3.8) is 0 Å². The maximum absolute atomic E-state index is 5.96. The van der Waals surface area contributed by atoms with Gasteiger partial charge in [0.15, 0.2) is 0 Å². The summed E-state index contributed by atoms with van der Waals surface area (Å²) in [6.45, 7) is 11.1. The maximum atomic E-state index is 5.96. The van der Waals surface area contributed by atoms with Crippen molar-refractivity contribution in [1.82, 2.24) is 9.97 Å². The third kappa shape index (κ3) is 3.56. The Morgan fingerprint density at radius 2 is 2.05 bits per heavy atom. The number of nitrogens with zero attached hydrogens (tertiary/aromatic N) is 2. The van der Waals surface area contributed by atoms with Gasteiger partial charge >= 0.3 is 0 Å². The lowest BCUT2D eigenvalue weighted by Gasteiger charge is -2.21. The van der Waals surface area contributed by atoms with E-state index in [1.54, 1.807) is 11.3 Å². The Kier molecular flexibility index (Phi) is 3.94. The fraction of sp³-hybridized carbons (Fsp3) is 0.571. The lowest BCUT2D eigenvalue weighted by Crippen LogP contribution is -2.24. The zero-order valence-corrected chi connectivity index (χ0v) is 13.0. The molecule has 0 aliphatic rings. The molecule has 0 amide bonds. The first-order chi connectivity index (χ1) is 8.89. The van der Waals surface area contributed by atoms with Gasteiger partial charge in [-0.3, -0.25) is 0 Å². The second-order valence-electron chi connectivity index (χ2n) is 5.57. The maximum Gasteiger partial charge on any atom is 0.227 e. The van der Waals surface area contributed by atoms with E-state index < -0.39 is 0 Å². The van der Waals surface area contributed by atoms with Crippen molar-refractivity contribution < 1.29 is 4.74 Å². The van der Waals surface area contributed by atoms with Gasteiger partial charge in [-0.2, -0.15) is 4.98 Å². The van der Waals surface area contributed by atoms with Crippen molar-refractivity contribution in [3.05, 3.63) is 10.9 Å². The second-order valence-corrected chi connectivity index (χ2v) is 6.80. The third-order valence-corrected chi connectivity index (χ3v) is 3.36. The minimum absolute atomic E-state index is 0.265. The van der Waals surface area contributed by atoms with Crippen molar-refractivity contribution in [2.24, 2.45) is 0 Å². The van der Waals surface area contributed by atoms with Gasteiger partial charge < -0.3 is 10.1 Å². The van der Waals surface area contributed by atoms with E-state index >= 15 is 0 Å². The molecule has 4 nitrogen and oxygen atoms in total. The molecule has 0 aromatic carbocycles. The van der Waals surface area contributed by atoms with Gasteiger partial charge in [0, 0.05) is 11.4 Å². The Morgan fingerprint density at radius 3 is 2.68 bits per heavy atom. The molecule has 2 rings (SSSR count). The van der Waals surface area contributed by atoms with Gasteiger partial charge in [-0.1, -0.05) is 6.92 Å². The Labute approximate surface area is 118 Å². The quantitative estimate of drug-likeness (QED) is 0.919. The zero-order valence-electron chi connectivity index (χ0n) is 12.2. The van der Waals surface area contributed by atoms with Crippen molar-refractivity contribution in [2.45, 2.75) is 46.6 Å². The molecule has 2 aromatic rings. The number of nitrogens with one attached hydrogen (secondary N) is 1. The van der Waals surface area contributed by atoms with Gasteiger partial charge in [0.25, 0.3) is 0 Å². The first-order valence-corrected chi connectivity index (χ1v) is 7.42. The van der Waals surface area contributed by atoms with Crippen LogP contribution in [0.2, 0.25) is 0 Å². The summed E-state index contributed by atoms with van der Waals surface area (Å²) in [5.41, 5.74) is -0.265. The van der Waals surface area contributed by atoms with Gasteiger partial charge in [0.1, 0.15) is 10.4 Å². The van der Waals surface area contributed by atoms with E-state index in [0.717, 1.165) is 23.2 Å². The summed E-state index contributed by atoms with van der Waals surface area (Å²) in [5.74, 6) is 1.32. The lowest BCUT2D eigenvalue weighted by atomic mass is 10.2. The molecule has 0 saturated heterocycles. The Morgan fingerprint density at radius 1 is 1.32 bits per heavy atom. The fourth-order valence-corrected chi connectivity index (χ4v) is 2.57. The van der Waals surface area contributed by atoms with Crippen molar-refractivity contribution in [1.29, 1.82) is 0 Å². The molecule has 0 bridgehead atoms. The highest BCUT2D eigenvalue weighted by molar-refractivity contribution is 7.18. The number of hydrogen-bond acceptors (Lipinski definition) is 5. The van der Waals surface area contributed by atoms with Crippen LogP contribution in [0, 0.1) is 6.92 Å². The third-order valence-electron chi connectivity index (χ3n) is 2.42. The minimum Gasteiger partial charge on any atom is -0.471 e. The second kappa shape index (κ2) is 5.33. The van der Waals surface area contributed by atoms with E-state index in [2.05, 4.69) is 35.2 Å². The molecular formula is C14H21N3OS. The van der Waals surface area contributed by atoms with Crippen LogP contribution in [0.3, 0.4) is 0 Å². The molecule has 0 unspecified atom stereocenters. The zero-order chi connectivity index (χ0) is 14.0. The number of rotatable bonds is 4. The highest BCUT2D eigenvalue weighted by Gasteiger charge is 2.18. The number of ether oxygens (including phenoxy) is 1. The van der Waals surface area contributed by atoms with Gasteiger partial charge in [0.2, 0.25) is 11.8 Å². The Bertz CT molecular complexity index is 572. The molecule has 0 spiro atoms. The predicted molar refractivity (Wildman–Crippen MR) is 81.3 cm³/mol. The highest BCUT2D eigenvalue weighted by Crippen LogP contribution is 2.32. The van der Waals surface area contributed by atoms with Gasteiger partial charge in [0.05, 0.1) is 5.39 Å². The molecule has 2 aromatic heterocycles. The molecule has 5 heteroatoms. The van der Waals surface area contributed by atoms with Gasteiger partial charge in [-0.15, -0.1) is 11.3 Å². The number of aryl methyl sites for hydroxylation is 1. The normalized spacial score (nSPS) is 11.8. The first kappa shape index (κ1) is 14.1. The van der Waals surface area contributed by atoms with Crippen molar-refractivity contribution in [2.75, 3.05) is 11.9 Å². The Hall–Kier alpha value is -1.36. The summed E-state index contributed by atoms with van der Waals surface area (Å²) >= 11 is 1.67. The molecule has 0 aliphatic heterocycles. The number of anilines is 1. The standard InChI is InChI=1S/C14H21N3OS/c1-6-7-15-13-16-11(18-14(3,4)5)10-8-9(2)19-12(10)17-13/h8H,6-7H2,1-5H3,(H,15,16,17). The van der Waals surface area contributed by atoms with Crippen LogP contribution in [0.25, 0.3) is 10.2 Å². The van der Waals surface area contributed by atoms with Crippen molar-refractivity contribution >= 4 is 27.5 Å². The summed E-state index contributed by atoms with van der Waals surface area (Å²) in [6.07, 6.45) is 1.04. The first-order valence-electron chi connectivity index (χ1n) is 6.60. The summed E-state index contributed by atoms with van der Waals surface area (Å²) in [5, 5.41) is 4.23. The van der Waals surface area contributed by atoms with Crippen molar-refractivity contribution in [3.8, 4) is 5.88 Å². The topological polar surface area (TPSA) is 47.0 Å². The van der Waals surface area contributed by atoms with E-state index in [-0.39, 0.29) is 5.60 Å². The van der Waals surface area contributed by atoms with Crippen LogP contribution in [0.1, 0.15) is 39.0 Å². The van der Waals surface area contributed by atoms with Crippen LogP contribution in [0.15, 0.2) is 6.07 Å². The van der Waals surface area contributed by atoms with Gasteiger partial charge in [-0.05, 0) is 40.2 Å². The summed E-state index contributed by atoms with van der Waals surface area (Å²) in [6, 6.07) is 2.09. The highest BCUT2D eigenvalue weighted by atomic mass is 32.1. The largest absolute Gasteiger partial charge is 0.471 e. The molecule has 2 heterocycles. The summed E-state index contributed by atoms with van der Waals surface area (Å²) in [4.78, 5) is 11.2. The van der Waals surface area contributed by atoms with E-state index in [9.17, 15) is 0 Å². The van der Waals surface area contributed by atoms with E-state index in [1.807, 2.05) is 20.8 Å². The van der Waals surface area contributed by atoms with Crippen LogP contribution < -0.4 is 10.1 Å². The Balaban J connectivity index is 2.45. The number of fused-ring (bicyclic) bond motifs is 1. The fourth-order valence-electron chi connectivity index (χ4n) is 1.70.